The number of hydrogen-bond acceptors (Lipinski definition) is 7. The summed E-state index contributed by atoms with van der Waals surface area (Å²) in [6.45, 7) is 2.69. The van der Waals surface area contributed by atoms with E-state index in [1.54, 1.807) is 29.6 Å². The first-order chi connectivity index (χ1) is 13.8. The van der Waals surface area contributed by atoms with E-state index < -0.39 is 0 Å². The normalized spacial score (nSPS) is 10.4. The number of hydrogen-bond donors (Lipinski definition) is 2. The monoisotopic (exact) mass is 370 g/mol. The molecule has 4 heterocycles. The molecule has 28 heavy (non-hydrogen) atoms. The predicted octanol–water partition coefficient (Wildman–Crippen LogP) is 2.82. The molecule has 0 aliphatic rings. The van der Waals surface area contributed by atoms with Crippen molar-refractivity contribution < 1.29 is 0 Å². The second-order valence-electron chi connectivity index (χ2n) is 5.89. The maximum absolute atomic E-state index is 4.48. The second-order valence-corrected chi connectivity index (χ2v) is 5.89. The largest absolute Gasteiger partial charge is 0.373 e. The quantitative estimate of drug-likeness (QED) is 0.534. The first kappa shape index (κ1) is 17.4. The molecule has 0 unspecified atom stereocenters. The molecule has 0 saturated carbocycles. The van der Waals surface area contributed by atoms with Crippen LogP contribution in [0, 0.1) is 11.8 Å². The van der Waals surface area contributed by atoms with Crippen LogP contribution in [-0.2, 0) is 6.54 Å². The van der Waals surface area contributed by atoms with Crippen LogP contribution in [0.25, 0.3) is 10.8 Å². The molecular formula is C20H18N8. The Morgan fingerprint density at radius 2 is 1.93 bits per heavy atom. The van der Waals surface area contributed by atoms with Crippen LogP contribution >= 0.6 is 0 Å². The fraction of sp³-hybridized carbons (Fsp3) is 0.150. The van der Waals surface area contributed by atoms with E-state index in [-0.39, 0.29) is 0 Å². The fourth-order valence-electron chi connectivity index (χ4n) is 2.71. The summed E-state index contributed by atoms with van der Waals surface area (Å²) in [5.74, 6) is 8.36. The zero-order valence-corrected chi connectivity index (χ0v) is 15.5. The van der Waals surface area contributed by atoms with Crippen LogP contribution in [0.3, 0.4) is 0 Å². The van der Waals surface area contributed by atoms with Crippen molar-refractivity contribution in [2.45, 2.75) is 13.5 Å². The van der Waals surface area contributed by atoms with Crippen molar-refractivity contribution in [1.29, 1.82) is 0 Å². The summed E-state index contributed by atoms with van der Waals surface area (Å²) >= 11 is 0. The Labute approximate surface area is 162 Å². The van der Waals surface area contributed by atoms with Crippen LogP contribution in [0.4, 0.5) is 17.5 Å². The average Bonchev–Trinajstić information content (AvgIpc) is 3.21. The molecule has 0 aliphatic heterocycles. The van der Waals surface area contributed by atoms with Crippen LogP contribution in [0.1, 0.15) is 18.2 Å². The van der Waals surface area contributed by atoms with Crippen LogP contribution in [0.2, 0.25) is 0 Å². The van der Waals surface area contributed by atoms with Crippen LogP contribution in [0.15, 0.2) is 49.1 Å². The third kappa shape index (κ3) is 3.59. The molecule has 8 heteroatoms. The van der Waals surface area contributed by atoms with E-state index in [9.17, 15) is 0 Å². The molecule has 4 rings (SSSR count). The van der Waals surface area contributed by atoms with Crippen molar-refractivity contribution >= 4 is 28.2 Å². The Morgan fingerprint density at radius 3 is 2.68 bits per heavy atom. The van der Waals surface area contributed by atoms with Gasteiger partial charge >= 0.3 is 0 Å². The lowest BCUT2D eigenvalue weighted by Gasteiger charge is -2.09. The Kier molecular flexibility index (Phi) is 4.80. The number of nitrogens with zero attached hydrogens (tertiary/aromatic N) is 6. The lowest BCUT2D eigenvalue weighted by atomic mass is 10.1. The molecule has 0 spiro atoms. The smallest absolute Gasteiger partial charge is 0.155 e. The summed E-state index contributed by atoms with van der Waals surface area (Å²) in [6, 6.07) is 7.61. The fourth-order valence-corrected chi connectivity index (χ4v) is 2.71. The van der Waals surface area contributed by atoms with Gasteiger partial charge in [-0.15, -0.1) is 5.10 Å². The van der Waals surface area contributed by atoms with Gasteiger partial charge in [-0.1, -0.05) is 12.0 Å². The second kappa shape index (κ2) is 7.72. The number of aryl methyl sites for hydroxylation is 1. The molecule has 0 amide bonds. The molecule has 8 nitrogen and oxygen atoms in total. The van der Waals surface area contributed by atoms with Crippen molar-refractivity contribution in [3.63, 3.8) is 0 Å². The molecule has 0 aromatic carbocycles. The van der Waals surface area contributed by atoms with E-state index in [1.165, 1.54) is 0 Å². The van der Waals surface area contributed by atoms with Gasteiger partial charge in [0, 0.05) is 36.4 Å². The summed E-state index contributed by atoms with van der Waals surface area (Å²) in [7, 11) is 1.83. The summed E-state index contributed by atoms with van der Waals surface area (Å²) in [5.41, 5.74) is 1.40. The first-order valence-electron chi connectivity index (χ1n) is 8.83. The molecule has 138 valence electrons. The maximum Gasteiger partial charge on any atom is 0.155 e. The molecular weight excluding hydrogens is 352 g/mol. The van der Waals surface area contributed by atoms with Gasteiger partial charge in [0.2, 0.25) is 0 Å². The van der Waals surface area contributed by atoms with Gasteiger partial charge in [0.25, 0.3) is 0 Å². The van der Waals surface area contributed by atoms with E-state index >= 15 is 0 Å². The Morgan fingerprint density at radius 1 is 1.00 bits per heavy atom. The maximum atomic E-state index is 4.48. The number of nitrogens with one attached hydrogen (secondary N) is 2. The summed E-state index contributed by atoms with van der Waals surface area (Å²) in [4.78, 5) is 14.8. The van der Waals surface area contributed by atoms with Gasteiger partial charge in [0.15, 0.2) is 5.69 Å². The molecule has 0 radical (unpaired) electrons. The van der Waals surface area contributed by atoms with E-state index in [1.807, 2.05) is 38.2 Å². The first-order valence-corrected chi connectivity index (χ1v) is 8.83. The van der Waals surface area contributed by atoms with Crippen molar-refractivity contribution in [1.82, 2.24) is 29.9 Å². The van der Waals surface area contributed by atoms with Crippen LogP contribution in [-0.4, -0.2) is 37.0 Å². The summed E-state index contributed by atoms with van der Waals surface area (Å²) in [5, 5.41) is 16.6. The van der Waals surface area contributed by atoms with Crippen LogP contribution in [0.5, 0.6) is 0 Å². The van der Waals surface area contributed by atoms with E-state index in [2.05, 4.69) is 47.6 Å². The molecule has 0 saturated heterocycles. The summed E-state index contributed by atoms with van der Waals surface area (Å²) < 4.78 is 0. The highest BCUT2D eigenvalue weighted by Gasteiger charge is 2.08. The standard InChI is InChI=1S/C20H18N8/c1-3-28-25-12-15(27-28)8-7-14-11-24-20(21-2)17-13-23-19(10-16(14)17)26-18-6-4-5-9-22-18/h4-6,9-13H,3H2,1-2H3,(H,21,24)(H,22,23,26). The minimum absolute atomic E-state index is 0.619. The number of aromatic nitrogens is 6. The molecule has 0 bridgehead atoms. The highest BCUT2D eigenvalue weighted by Crippen LogP contribution is 2.26. The molecule has 4 aromatic rings. The van der Waals surface area contributed by atoms with Gasteiger partial charge in [-0.25, -0.2) is 15.0 Å². The van der Waals surface area contributed by atoms with Crippen molar-refractivity contribution in [3.05, 3.63) is 60.3 Å². The van der Waals surface area contributed by atoms with Crippen molar-refractivity contribution in [2.24, 2.45) is 0 Å². The van der Waals surface area contributed by atoms with E-state index in [4.69, 9.17) is 0 Å². The Bertz CT molecular complexity index is 1170. The van der Waals surface area contributed by atoms with Gasteiger partial charge in [-0.05, 0) is 31.0 Å². The highest BCUT2D eigenvalue weighted by atomic mass is 15.5. The van der Waals surface area contributed by atoms with Crippen molar-refractivity contribution in [3.8, 4) is 11.8 Å². The number of anilines is 3. The summed E-state index contributed by atoms with van der Waals surface area (Å²) in [6.07, 6.45) is 6.91. The third-order valence-electron chi connectivity index (χ3n) is 4.07. The number of pyridine rings is 3. The third-order valence-corrected chi connectivity index (χ3v) is 4.07. The zero-order valence-electron chi connectivity index (χ0n) is 15.5. The lowest BCUT2D eigenvalue weighted by molar-refractivity contribution is 0.568. The van der Waals surface area contributed by atoms with Gasteiger partial charge in [-0.2, -0.15) is 9.90 Å². The highest BCUT2D eigenvalue weighted by molar-refractivity contribution is 5.96. The van der Waals surface area contributed by atoms with Crippen LogP contribution < -0.4 is 10.6 Å². The Balaban J connectivity index is 1.76. The lowest BCUT2D eigenvalue weighted by Crippen LogP contribution is -1.99. The molecule has 0 aliphatic carbocycles. The Hall–Kier alpha value is -3.99. The number of rotatable bonds is 4. The zero-order chi connectivity index (χ0) is 19.3. The van der Waals surface area contributed by atoms with E-state index in [0.29, 0.717) is 18.1 Å². The minimum atomic E-state index is 0.619. The van der Waals surface area contributed by atoms with Crippen molar-refractivity contribution in [2.75, 3.05) is 17.7 Å². The minimum Gasteiger partial charge on any atom is -0.373 e. The molecule has 0 atom stereocenters. The molecule has 0 fully saturated rings. The van der Waals surface area contributed by atoms with Gasteiger partial charge in [0.1, 0.15) is 17.5 Å². The molecule has 2 N–H and O–H groups in total. The average molecular weight is 370 g/mol. The topological polar surface area (TPSA) is 93.4 Å². The van der Waals surface area contributed by atoms with Gasteiger partial charge in [0.05, 0.1) is 18.3 Å². The predicted molar refractivity (Wildman–Crippen MR) is 108 cm³/mol. The van der Waals surface area contributed by atoms with E-state index in [0.717, 1.165) is 28.0 Å². The molecule has 4 aromatic heterocycles. The van der Waals surface area contributed by atoms with Gasteiger partial charge < -0.3 is 10.6 Å². The van der Waals surface area contributed by atoms with Gasteiger partial charge in [-0.3, -0.25) is 0 Å². The SMILES string of the molecule is CCn1ncc(C#Cc2cnc(NC)c3cnc(Nc4ccccn4)cc23)n1. The number of fused-ring (bicyclic) bond motifs is 1.